The molecule has 1 aliphatic rings. The number of hydrogen-bond acceptors (Lipinski definition) is 4. The van der Waals surface area contributed by atoms with Crippen LogP contribution >= 0.6 is 11.8 Å². The highest BCUT2D eigenvalue weighted by molar-refractivity contribution is 7.99. The van der Waals surface area contributed by atoms with Crippen molar-refractivity contribution >= 4 is 23.4 Å². The lowest BCUT2D eigenvalue weighted by Crippen LogP contribution is -2.50. The molecular weight excluding hydrogens is 365 g/mol. The number of rotatable bonds is 6. The molecule has 0 radical (unpaired) electrons. The van der Waals surface area contributed by atoms with Gasteiger partial charge in [0, 0.05) is 31.1 Å². The maximum atomic E-state index is 12.5. The number of carbonyl (C=O) groups is 1. The van der Waals surface area contributed by atoms with E-state index in [2.05, 4.69) is 5.32 Å². The number of alkyl halides is 5. The maximum absolute atomic E-state index is 12.5. The van der Waals surface area contributed by atoms with Gasteiger partial charge in [-0.1, -0.05) is 23.9 Å². The third kappa shape index (κ3) is 7.17. The average Bonchev–Trinajstić information content (AvgIpc) is 2.49. The van der Waals surface area contributed by atoms with Crippen molar-refractivity contribution in [3.8, 4) is 0 Å². The molecule has 0 saturated carbocycles. The van der Waals surface area contributed by atoms with Gasteiger partial charge in [-0.15, -0.1) is 0 Å². The van der Waals surface area contributed by atoms with Gasteiger partial charge in [0.05, 0.1) is 18.8 Å². The Balaban J connectivity index is 1.82. The monoisotopic (exact) mass is 383 g/mol. The van der Waals surface area contributed by atoms with Crippen molar-refractivity contribution in [1.29, 1.82) is 0 Å². The van der Waals surface area contributed by atoms with Crippen LogP contribution in [0.5, 0.6) is 0 Å². The summed E-state index contributed by atoms with van der Waals surface area (Å²) >= 11 is 0.344. The zero-order valence-corrected chi connectivity index (χ0v) is 14.0. The SMILES string of the molecule is O=C(CN1CCN(CC(F)(F)F)CC1)Nc1ccccc1SC(F)F. The van der Waals surface area contributed by atoms with Crippen LogP contribution < -0.4 is 5.32 Å². The van der Waals surface area contributed by atoms with Gasteiger partial charge in [0.25, 0.3) is 5.76 Å². The standard InChI is InChI=1S/C15H18F5N3OS/c16-14(17)25-12-4-2-1-3-11(12)21-13(24)9-22-5-7-23(8-6-22)10-15(18,19)20/h1-4,14H,5-10H2,(H,21,24). The van der Waals surface area contributed by atoms with Crippen molar-refractivity contribution in [3.63, 3.8) is 0 Å². The molecule has 4 nitrogen and oxygen atoms in total. The Kier molecular flexibility index (Phi) is 7.03. The first-order chi connectivity index (χ1) is 11.7. The molecule has 1 aromatic rings. The minimum absolute atomic E-state index is 0.00748. The van der Waals surface area contributed by atoms with Crippen LogP contribution in [0.25, 0.3) is 0 Å². The molecule has 0 bridgehead atoms. The van der Waals surface area contributed by atoms with Gasteiger partial charge >= 0.3 is 6.18 Å². The van der Waals surface area contributed by atoms with Gasteiger partial charge in [0.1, 0.15) is 0 Å². The molecule has 0 atom stereocenters. The third-order valence-electron chi connectivity index (χ3n) is 3.61. The minimum atomic E-state index is -4.23. The van der Waals surface area contributed by atoms with E-state index in [1.807, 2.05) is 0 Å². The Labute approximate surface area is 146 Å². The van der Waals surface area contributed by atoms with E-state index in [1.165, 1.54) is 17.0 Å². The molecule has 0 aromatic heterocycles. The zero-order chi connectivity index (χ0) is 18.4. The smallest absolute Gasteiger partial charge is 0.324 e. The first-order valence-corrected chi connectivity index (χ1v) is 8.46. The molecule has 1 amide bonds. The molecule has 1 aliphatic heterocycles. The number of piperazine rings is 1. The number of amides is 1. The molecule has 0 unspecified atom stereocenters. The Hall–Kier alpha value is -1.39. The Morgan fingerprint density at radius 2 is 1.72 bits per heavy atom. The van der Waals surface area contributed by atoms with Gasteiger partial charge < -0.3 is 5.32 Å². The van der Waals surface area contributed by atoms with E-state index in [4.69, 9.17) is 0 Å². The predicted molar refractivity (Wildman–Crippen MR) is 85.9 cm³/mol. The summed E-state index contributed by atoms with van der Waals surface area (Å²) in [7, 11) is 0. The lowest BCUT2D eigenvalue weighted by atomic mass is 10.3. The number of halogens is 5. The van der Waals surface area contributed by atoms with Crippen LogP contribution in [0.15, 0.2) is 29.2 Å². The fourth-order valence-corrected chi connectivity index (χ4v) is 3.12. The van der Waals surface area contributed by atoms with Crippen molar-refractivity contribution < 1.29 is 26.7 Å². The molecule has 0 aliphatic carbocycles. The molecule has 1 N–H and O–H groups in total. The van der Waals surface area contributed by atoms with Gasteiger partial charge in [-0.25, -0.2) is 0 Å². The summed E-state index contributed by atoms with van der Waals surface area (Å²) in [6.45, 7) is 0.196. The van der Waals surface area contributed by atoms with Gasteiger partial charge in [-0.3, -0.25) is 14.6 Å². The van der Waals surface area contributed by atoms with Gasteiger partial charge in [0.2, 0.25) is 5.91 Å². The summed E-state index contributed by atoms with van der Waals surface area (Å²) in [5, 5.41) is 2.58. The number of para-hydroxylation sites is 1. The van der Waals surface area contributed by atoms with E-state index < -0.39 is 18.5 Å². The largest absolute Gasteiger partial charge is 0.401 e. The fourth-order valence-electron chi connectivity index (χ4n) is 2.52. The average molecular weight is 383 g/mol. The van der Waals surface area contributed by atoms with Crippen molar-refractivity contribution in [2.45, 2.75) is 16.8 Å². The van der Waals surface area contributed by atoms with Crippen LogP contribution in [0.3, 0.4) is 0 Å². The number of nitrogens with one attached hydrogen (secondary N) is 1. The Morgan fingerprint density at radius 1 is 1.12 bits per heavy atom. The van der Waals surface area contributed by atoms with Gasteiger partial charge in [0.15, 0.2) is 0 Å². The highest BCUT2D eigenvalue weighted by Gasteiger charge is 2.32. The molecule has 1 saturated heterocycles. The molecule has 0 spiro atoms. The maximum Gasteiger partial charge on any atom is 0.401 e. The number of hydrogen-bond donors (Lipinski definition) is 1. The summed E-state index contributed by atoms with van der Waals surface area (Å²) in [6.07, 6.45) is -4.23. The number of anilines is 1. The van der Waals surface area contributed by atoms with E-state index in [0.29, 0.717) is 30.5 Å². The van der Waals surface area contributed by atoms with E-state index in [0.717, 1.165) is 0 Å². The lowest BCUT2D eigenvalue weighted by Gasteiger charge is -2.34. The van der Waals surface area contributed by atoms with Crippen LogP contribution in [0, 0.1) is 0 Å². The van der Waals surface area contributed by atoms with Crippen molar-refractivity contribution in [3.05, 3.63) is 24.3 Å². The summed E-state index contributed by atoms with van der Waals surface area (Å²) in [5.74, 6) is -2.98. The number of thioether (sulfide) groups is 1. The third-order valence-corrected chi connectivity index (χ3v) is 4.40. The predicted octanol–water partition coefficient (Wildman–Crippen LogP) is 3.12. The van der Waals surface area contributed by atoms with Crippen LogP contribution in [0.2, 0.25) is 0 Å². The lowest BCUT2D eigenvalue weighted by molar-refractivity contribution is -0.149. The Bertz CT molecular complexity index is 577. The van der Waals surface area contributed by atoms with Crippen molar-refractivity contribution in [2.75, 3.05) is 44.6 Å². The molecule has 140 valence electrons. The quantitative estimate of drug-likeness (QED) is 0.605. The number of carbonyl (C=O) groups excluding carboxylic acids is 1. The summed E-state index contributed by atoms with van der Waals surface area (Å²) in [6, 6.07) is 6.24. The molecule has 1 heterocycles. The summed E-state index contributed by atoms with van der Waals surface area (Å²) < 4.78 is 62.1. The van der Waals surface area contributed by atoms with Crippen LogP contribution in [0.1, 0.15) is 0 Å². The normalized spacial score (nSPS) is 17.0. The molecule has 25 heavy (non-hydrogen) atoms. The molecule has 10 heteroatoms. The zero-order valence-electron chi connectivity index (χ0n) is 13.2. The number of benzene rings is 1. The van der Waals surface area contributed by atoms with Crippen molar-refractivity contribution in [1.82, 2.24) is 9.80 Å². The molecule has 2 rings (SSSR count). The molecule has 1 aromatic carbocycles. The fraction of sp³-hybridized carbons (Fsp3) is 0.533. The van der Waals surface area contributed by atoms with Crippen molar-refractivity contribution in [2.24, 2.45) is 0 Å². The highest BCUT2D eigenvalue weighted by atomic mass is 32.2. The molecular formula is C15H18F5N3OS. The van der Waals surface area contributed by atoms with Gasteiger partial charge in [-0.2, -0.15) is 22.0 Å². The summed E-state index contributed by atoms with van der Waals surface area (Å²) in [4.78, 5) is 15.4. The number of nitrogens with zero attached hydrogens (tertiary/aromatic N) is 2. The first kappa shape index (κ1) is 19.9. The van der Waals surface area contributed by atoms with E-state index in [1.54, 1.807) is 17.0 Å². The minimum Gasteiger partial charge on any atom is -0.324 e. The topological polar surface area (TPSA) is 35.6 Å². The van der Waals surface area contributed by atoms with E-state index in [-0.39, 0.29) is 30.4 Å². The molecule has 1 fully saturated rings. The second-order valence-corrected chi connectivity index (χ2v) is 6.62. The van der Waals surface area contributed by atoms with Crippen LogP contribution in [-0.4, -0.2) is 66.9 Å². The highest BCUT2D eigenvalue weighted by Crippen LogP contribution is 2.31. The first-order valence-electron chi connectivity index (χ1n) is 7.58. The van der Waals surface area contributed by atoms with Crippen LogP contribution in [0.4, 0.5) is 27.6 Å². The van der Waals surface area contributed by atoms with E-state index >= 15 is 0 Å². The second kappa shape index (κ2) is 8.81. The summed E-state index contributed by atoms with van der Waals surface area (Å²) in [5.41, 5.74) is 0.300. The van der Waals surface area contributed by atoms with Crippen LogP contribution in [-0.2, 0) is 4.79 Å². The van der Waals surface area contributed by atoms with Gasteiger partial charge in [-0.05, 0) is 12.1 Å². The van der Waals surface area contributed by atoms with E-state index in [9.17, 15) is 26.7 Å². The Morgan fingerprint density at radius 3 is 2.32 bits per heavy atom. The second-order valence-electron chi connectivity index (χ2n) is 5.59.